The second-order valence-corrected chi connectivity index (χ2v) is 7.54. The lowest BCUT2D eigenvalue weighted by molar-refractivity contribution is 0.104. The first-order valence-corrected chi connectivity index (χ1v) is 10.6. The number of ketones is 1. The number of aromatic nitrogens is 1. The quantitative estimate of drug-likeness (QED) is 0.303. The third-order valence-electron chi connectivity index (χ3n) is 4.37. The fourth-order valence-corrected chi connectivity index (χ4v) is 3.53. The molecule has 0 spiro atoms. The van der Waals surface area contributed by atoms with Gasteiger partial charge in [-0.15, -0.1) is 0 Å². The Kier molecular flexibility index (Phi) is 7.08. The molecular weight excluding hydrogens is 446 g/mol. The molecule has 0 amide bonds. The van der Waals surface area contributed by atoms with E-state index in [4.69, 9.17) is 11.6 Å². The number of carbonyl (C=O) groups excluding carboxylic acids is 1. The van der Waals surface area contributed by atoms with Gasteiger partial charge in [0.05, 0.1) is 11.3 Å². The minimum Gasteiger partial charge on any atom is -0.354 e. The molecule has 1 heterocycles. The van der Waals surface area contributed by atoms with Crippen LogP contribution < -0.4 is 0 Å². The van der Waals surface area contributed by atoms with E-state index in [1.807, 2.05) is 98.8 Å². The largest absolute Gasteiger partial charge is 0.354 e. The third kappa shape index (κ3) is 4.87. The summed E-state index contributed by atoms with van der Waals surface area (Å²) in [5.74, 6) is -0.0000661. The van der Waals surface area contributed by atoms with Crippen molar-refractivity contribution in [2.75, 3.05) is 0 Å². The van der Waals surface area contributed by atoms with Crippen LogP contribution in [-0.2, 0) is 0 Å². The predicted molar refractivity (Wildman–Crippen MR) is 128 cm³/mol. The molecule has 4 aromatic rings. The summed E-state index contributed by atoms with van der Waals surface area (Å²) in [6.45, 7) is 4.00. The lowest BCUT2D eigenvalue weighted by atomic mass is 9.99. The summed E-state index contributed by atoms with van der Waals surface area (Å²) in [6.07, 6.45) is 3.91. The normalized spacial score (nSPS) is 10.8. The van der Waals surface area contributed by atoms with Crippen LogP contribution in [0.15, 0.2) is 77.3 Å². The number of benzene rings is 3. The van der Waals surface area contributed by atoms with Crippen LogP contribution in [0.5, 0.6) is 0 Å². The number of nitrogens with one attached hydrogen (secondary N) is 1. The van der Waals surface area contributed by atoms with Crippen molar-refractivity contribution in [2.45, 2.75) is 13.8 Å². The van der Waals surface area contributed by atoms with E-state index in [-0.39, 0.29) is 5.78 Å². The van der Waals surface area contributed by atoms with Gasteiger partial charge in [-0.25, -0.2) is 0 Å². The van der Waals surface area contributed by atoms with Gasteiger partial charge in [-0.05, 0) is 35.9 Å². The van der Waals surface area contributed by atoms with Crippen LogP contribution in [0.25, 0.3) is 23.1 Å². The number of carbonyl (C=O) groups is 1. The fraction of sp³-hybridized carbons (Fsp3) is 0.0800. The number of rotatable bonds is 4. The molecule has 4 rings (SSSR count). The highest BCUT2D eigenvalue weighted by Gasteiger charge is 2.18. The first-order chi connectivity index (χ1) is 14.1. The van der Waals surface area contributed by atoms with E-state index in [0.717, 1.165) is 26.6 Å². The zero-order valence-electron chi connectivity index (χ0n) is 16.2. The number of fused-ring (bicyclic) bond motifs is 1. The van der Waals surface area contributed by atoms with Crippen molar-refractivity contribution in [3.63, 3.8) is 0 Å². The predicted octanol–water partition coefficient (Wildman–Crippen LogP) is 8.01. The lowest BCUT2D eigenvalue weighted by Gasteiger charge is -2.02. The van der Waals surface area contributed by atoms with Crippen molar-refractivity contribution in [2.24, 2.45) is 0 Å². The van der Waals surface area contributed by atoms with Crippen LogP contribution >= 0.6 is 27.5 Å². The number of halogens is 2. The summed E-state index contributed by atoms with van der Waals surface area (Å²) in [5, 5.41) is 1.60. The maximum Gasteiger partial charge on any atom is 0.195 e. The average Bonchev–Trinajstić information content (AvgIpc) is 3.12. The molecule has 1 N–H and O–H groups in total. The highest BCUT2D eigenvalue weighted by Crippen LogP contribution is 2.29. The Morgan fingerprint density at radius 2 is 1.62 bits per heavy atom. The van der Waals surface area contributed by atoms with Crippen molar-refractivity contribution in [1.82, 2.24) is 4.98 Å². The summed E-state index contributed by atoms with van der Waals surface area (Å²) >= 11 is 9.45. The fourth-order valence-electron chi connectivity index (χ4n) is 3.05. The molecule has 146 valence electrons. The number of hydrogen-bond donors (Lipinski definition) is 1. The highest BCUT2D eigenvalue weighted by atomic mass is 79.9. The molecule has 0 unspecified atom stereocenters. The van der Waals surface area contributed by atoms with Gasteiger partial charge in [0.25, 0.3) is 0 Å². The van der Waals surface area contributed by atoms with Crippen molar-refractivity contribution in [3.05, 3.63) is 105 Å². The topological polar surface area (TPSA) is 32.9 Å². The zero-order chi connectivity index (χ0) is 20.8. The molecule has 0 radical (unpaired) electrons. The molecule has 0 saturated carbocycles. The molecule has 29 heavy (non-hydrogen) atoms. The van der Waals surface area contributed by atoms with Gasteiger partial charge in [-0.2, -0.15) is 0 Å². The summed E-state index contributed by atoms with van der Waals surface area (Å²) in [4.78, 5) is 16.6. The highest BCUT2D eigenvalue weighted by molar-refractivity contribution is 9.10. The molecule has 0 bridgehead atoms. The Balaban J connectivity index is 0.00000117. The average molecular weight is 467 g/mol. The second kappa shape index (κ2) is 9.73. The Bertz CT molecular complexity index is 1140. The van der Waals surface area contributed by atoms with Crippen LogP contribution in [-0.4, -0.2) is 10.8 Å². The molecule has 0 aliphatic heterocycles. The molecule has 4 heteroatoms. The summed E-state index contributed by atoms with van der Waals surface area (Å²) < 4.78 is 0.961. The molecule has 3 aromatic carbocycles. The molecule has 0 saturated heterocycles. The van der Waals surface area contributed by atoms with Crippen molar-refractivity contribution in [3.8, 4) is 0 Å². The van der Waals surface area contributed by atoms with Gasteiger partial charge in [-0.3, -0.25) is 4.79 Å². The Morgan fingerprint density at radius 1 is 0.931 bits per heavy atom. The Hall–Kier alpha value is -2.62. The molecular formula is C25H21BrClNO. The lowest BCUT2D eigenvalue weighted by Crippen LogP contribution is -2.02. The van der Waals surface area contributed by atoms with Gasteiger partial charge in [-0.1, -0.05) is 96.0 Å². The van der Waals surface area contributed by atoms with Gasteiger partial charge >= 0.3 is 0 Å². The molecule has 0 aliphatic rings. The van der Waals surface area contributed by atoms with Gasteiger partial charge in [0.2, 0.25) is 0 Å². The molecule has 0 aliphatic carbocycles. The molecule has 1 aromatic heterocycles. The minimum atomic E-state index is -0.0000661. The standard InChI is InChI=1S/C23H15BrClNO.C2H6/c24-17-9-12-19-21(14-17)26-20(13-8-15-6-10-18(25)11-7-15)22(19)23(27)16-4-2-1-3-5-16;1-2/h1-14,26H;1-2H3/b13-8+;. The summed E-state index contributed by atoms with van der Waals surface area (Å²) in [6, 6.07) is 22.8. The van der Waals surface area contributed by atoms with E-state index in [0.29, 0.717) is 16.1 Å². The second-order valence-electron chi connectivity index (χ2n) is 6.18. The Labute approximate surface area is 184 Å². The monoisotopic (exact) mass is 465 g/mol. The van der Waals surface area contributed by atoms with Crippen LogP contribution in [0.3, 0.4) is 0 Å². The van der Waals surface area contributed by atoms with Gasteiger partial charge in [0.1, 0.15) is 0 Å². The van der Waals surface area contributed by atoms with Crippen LogP contribution in [0, 0.1) is 0 Å². The van der Waals surface area contributed by atoms with Gasteiger partial charge in [0, 0.05) is 26.0 Å². The van der Waals surface area contributed by atoms with E-state index in [1.165, 1.54) is 0 Å². The first-order valence-electron chi connectivity index (χ1n) is 9.46. The number of H-pyrrole nitrogens is 1. The van der Waals surface area contributed by atoms with Crippen LogP contribution in [0.2, 0.25) is 5.02 Å². The maximum atomic E-state index is 13.2. The van der Waals surface area contributed by atoms with Crippen molar-refractivity contribution >= 4 is 56.4 Å². The van der Waals surface area contributed by atoms with E-state index in [1.54, 1.807) is 0 Å². The first kappa shape index (κ1) is 21.1. The van der Waals surface area contributed by atoms with E-state index in [2.05, 4.69) is 20.9 Å². The SMILES string of the molecule is CC.O=C(c1ccccc1)c1c(/C=C/c2ccc(Cl)cc2)[nH]c2cc(Br)ccc12. The zero-order valence-corrected chi connectivity index (χ0v) is 18.6. The summed E-state index contributed by atoms with van der Waals surface area (Å²) in [5.41, 5.74) is 4.06. The minimum absolute atomic E-state index is 0.0000661. The molecule has 0 fully saturated rings. The van der Waals surface area contributed by atoms with E-state index in [9.17, 15) is 4.79 Å². The smallest absolute Gasteiger partial charge is 0.195 e. The van der Waals surface area contributed by atoms with E-state index >= 15 is 0 Å². The maximum absolute atomic E-state index is 13.2. The summed E-state index contributed by atoms with van der Waals surface area (Å²) in [7, 11) is 0. The van der Waals surface area contributed by atoms with E-state index < -0.39 is 0 Å². The van der Waals surface area contributed by atoms with Crippen LogP contribution in [0.4, 0.5) is 0 Å². The number of hydrogen-bond acceptors (Lipinski definition) is 1. The molecule has 2 nitrogen and oxygen atoms in total. The molecule has 0 atom stereocenters. The number of aromatic amines is 1. The third-order valence-corrected chi connectivity index (χ3v) is 5.11. The van der Waals surface area contributed by atoms with Gasteiger partial charge in [0.15, 0.2) is 5.78 Å². The van der Waals surface area contributed by atoms with Crippen molar-refractivity contribution in [1.29, 1.82) is 0 Å². The van der Waals surface area contributed by atoms with Gasteiger partial charge < -0.3 is 4.98 Å². The van der Waals surface area contributed by atoms with Crippen molar-refractivity contribution < 1.29 is 4.79 Å². The Morgan fingerprint density at radius 3 is 2.31 bits per heavy atom. The van der Waals surface area contributed by atoms with Crippen LogP contribution in [0.1, 0.15) is 41.0 Å².